The Balaban J connectivity index is 1.68. The molecule has 138 valence electrons. The standard InChI is InChI=1S/C18H22N4O3S/c1-11(2)17(24)22-10-4-5-14(22)15(23)19-18-21-20-16(26-18)12-6-8-13(25-3)9-7-12/h6-9,11,14H,4-5,10H2,1-3H3,(H,19,21,23). The number of carbonyl (C=O) groups excluding carboxylic acids is 2. The number of amides is 2. The molecule has 1 aromatic carbocycles. The van der Waals surface area contributed by atoms with Gasteiger partial charge >= 0.3 is 0 Å². The zero-order valence-corrected chi connectivity index (χ0v) is 15.9. The highest BCUT2D eigenvalue weighted by molar-refractivity contribution is 7.18. The van der Waals surface area contributed by atoms with E-state index in [1.165, 1.54) is 11.3 Å². The SMILES string of the molecule is COc1ccc(-c2nnc(NC(=O)C3CCCN3C(=O)C(C)C)s2)cc1. The van der Waals surface area contributed by atoms with Crippen molar-refractivity contribution in [3.63, 3.8) is 0 Å². The Morgan fingerprint density at radius 1 is 1.27 bits per heavy atom. The molecule has 1 atom stereocenters. The van der Waals surface area contributed by atoms with Gasteiger partial charge in [-0.3, -0.25) is 14.9 Å². The summed E-state index contributed by atoms with van der Waals surface area (Å²) < 4.78 is 5.14. The van der Waals surface area contributed by atoms with Crippen molar-refractivity contribution < 1.29 is 14.3 Å². The van der Waals surface area contributed by atoms with Crippen LogP contribution in [-0.4, -0.2) is 46.6 Å². The number of nitrogens with one attached hydrogen (secondary N) is 1. The number of ether oxygens (including phenoxy) is 1. The van der Waals surface area contributed by atoms with Crippen LogP contribution in [0.5, 0.6) is 5.75 Å². The van der Waals surface area contributed by atoms with Gasteiger partial charge in [-0.15, -0.1) is 10.2 Å². The maximum Gasteiger partial charge on any atom is 0.249 e. The van der Waals surface area contributed by atoms with Crippen LogP contribution in [0.4, 0.5) is 5.13 Å². The number of rotatable bonds is 5. The molecule has 26 heavy (non-hydrogen) atoms. The monoisotopic (exact) mass is 374 g/mol. The van der Waals surface area contributed by atoms with Gasteiger partial charge in [0, 0.05) is 18.0 Å². The molecule has 2 heterocycles. The molecule has 0 saturated carbocycles. The lowest BCUT2D eigenvalue weighted by molar-refractivity contribution is -0.139. The Morgan fingerprint density at radius 2 is 2.00 bits per heavy atom. The molecule has 7 nitrogen and oxygen atoms in total. The summed E-state index contributed by atoms with van der Waals surface area (Å²) in [6.07, 6.45) is 1.51. The summed E-state index contributed by atoms with van der Waals surface area (Å²) in [4.78, 5) is 26.5. The van der Waals surface area contributed by atoms with Gasteiger partial charge in [0.25, 0.3) is 0 Å². The van der Waals surface area contributed by atoms with E-state index in [9.17, 15) is 9.59 Å². The Bertz CT molecular complexity index is 788. The average molecular weight is 374 g/mol. The lowest BCUT2D eigenvalue weighted by Gasteiger charge is -2.25. The summed E-state index contributed by atoms with van der Waals surface area (Å²) in [6.45, 7) is 4.32. The van der Waals surface area contributed by atoms with Crippen molar-refractivity contribution >= 4 is 28.3 Å². The predicted molar refractivity (Wildman–Crippen MR) is 100 cm³/mol. The highest BCUT2D eigenvalue weighted by Crippen LogP contribution is 2.28. The number of anilines is 1. The fraction of sp³-hybridized carbons (Fsp3) is 0.444. The summed E-state index contributed by atoms with van der Waals surface area (Å²) in [5, 5.41) is 12.1. The van der Waals surface area contributed by atoms with E-state index in [0.29, 0.717) is 23.1 Å². The maximum absolute atomic E-state index is 12.6. The summed E-state index contributed by atoms with van der Waals surface area (Å²) in [7, 11) is 1.62. The summed E-state index contributed by atoms with van der Waals surface area (Å²) in [5.74, 6) is 0.460. The Labute approximate surface area is 156 Å². The van der Waals surface area contributed by atoms with Gasteiger partial charge in [0.15, 0.2) is 0 Å². The number of benzene rings is 1. The number of nitrogens with zero attached hydrogens (tertiary/aromatic N) is 3. The molecule has 2 aromatic rings. The first-order valence-corrected chi connectivity index (χ1v) is 9.40. The van der Waals surface area contributed by atoms with Gasteiger partial charge in [-0.05, 0) is 37.1 Å². The van der Waals surface area contributed by atoms with Crippen LogP contribution in [0, 0.1) is 5.92 Å². The minimum atomic E-state index is -0.432. The smallest absolute Gasteiger partial charge is 0.249 e. The van der Waals surface area contributed by atoms with Crippen LogP contribution in [0.3, 0.4) is 0 Å². The second kappa shape index (κ2) is 7.82. The number of methoxy groups -OCH3 is 1. The van der Waals surface area contributed by atoms with E-state index in [-0.39, 0.29) is 17.7 Å². The van der Waals surface area contributed by atoms with Crippen molar-refractivity contribution in [3.05, 3.63) is 24.3 Å². The van der Waals surface area contributed by atoms with Gasteiger partial charge in [-0.25, -0.2) is 0 Å². The Kier molecular flexibility index (Phi) is 5.51. The third-order valence-electron chi connectivity index (χ3n) is 4.32. The molecule has 1 aliphatic heterocycles. The van der Waals surface area contributed by atoms with E-state index < -0.39 is 6.04 Å². The Morgan fingerprint density at radius 3 is 2.65 bits per heavy atom. The molecule has 1 aromatic heterocycles. The van der Waals surface area contributed by atoms with Crippen molar-refractivity contribution in [3.8, 4) is 16.3 Å². The Hall–Kier alpha value is -2.48. The lowest BCUT2D eigenvalue weighted by Crippen LogP contribution is -2.44. The third kappa shape index (κ3) is 3.85. The lowest BCUT2D eigenvalue weighted by atomic mass is 10.1. The number of likely N-dealkylation sites (tertiary alicyclic amines) is 1. The van der Waals surface area contributed by atoms with Gasteiger partial charge in [-0.2, -0.15) is 0 Å². The second-order valence-electron chi connectivity index (χ2n) is 6.47. The van der Waals surface area contributed by atoms with Gasteiger partial charge < -0.3 is 9.64 Å². The minimum Gasteiger partial charge on any atom is -0.497 e. The van der Waals surface area contributed by atoms with Gasteiger partial charge in [0.1, 0.15) is 16.8 Å². The van der Waals surface area contributed by atoms with Crippen LogP contribution >= 0.6 is 11.3 Å². The van der Waals surface area contributed by atoms with Gasteiger partial charge in [-0.1, -0.05) is 25.2 Å². The summed E-state index contributed by atoms with van der Waals surface area (Å²) in [6, 6.07) is 7.06. The average Bonchev–Trinajstić information content (AvgIpc) is 3.30. The summed E-state index contributed by atoms with van der Waals surface area (Å²) >= 11 is 1.30. The van der Waals surface area contributed by atoms with Crippen molar-refractivity contribution in [2.45, 2.75) is 32.7 Å². The second-order valence-corrected chi connectivity index (χ2v) is 7.45. The van der Waals surface area contributed by atoms with Crippen LogP contribution in [0.2, 0.25) is 0 Å². The normalized spacial score (nSPS) is 16.8. The molecular formula is C18H22N4O3S. The molecule has 0 spiro atoms. The van der Waals surface area contributed by atoms with E-state index in [1.54, 1.807) is 12.0 Å². The van der Waals surface area contributed by atoms with Crippen molar-refractivity contribution in [2.75, 3.05) is 19.0 Å². The molecular weight excluding hydrogens is 352 g/mol. The largest absolute Gasteiger partial charge is 0.497 e. The van der Waals surface area contributed by atoms with E-state index in [2.05, 4.69) is 15.5 Å². The molecule has 8 heteroatoms. The van der Waals surface area contributed by atoms with E-state index >= 15 is 0 Å². The fourth-order valence-corrected chi connectivity index (χ4v) is 3.70. The molecule has 1 saturated heterocycles. The number of aromatic nitrogens is 2. The van der Waals surface area contributed by atoms with E-state index in [0.717, 1.165) is 17.7 Å². The first-order valence-electron chi connectivity index (χ1n) is 8.59. The molecule has 1 aliphatic rings. The fourth-order valence-electron chi connectivity index (χ4n) is 2.95. The highest BCUT2D eigenvalue weighted by Gasteiger charge is 2.35. The molecule has 2 amide bonds. The highest BCUT2D eigenvalue weighted by atomic mass is 32.1. The van der Waals surface area contributed by atoms with Crippen molar-refractivity contribution in [1.82, 2.24) is 15.1 Å². The molecule has 1 unspecified atom stereocenters. The van der Waals surface area contributed by atoms with E-state index in [1.807, 2.05) is 38.1 Å². The summed E-state index contributed by atoms with van der Waals surface area (Å²) in [5.41, 5.74) is 0.904. The topological polar surface area (TPSA) is 84.4 Å². The zero-order chi connectivity index (χ0) is 18.7. The number of hydrogen-bond donors (Lipinski definition) is 1. The first-order chi connectivity index (χ1) is 12.5. The van der Waals surface area contributed by atoms with Gasteiger partial charge in [0.2, 0.25) is 16.9 Å². The van der Waals surface area contributed by atoms with Crippen LogP contribution in [0.25, 0.3) is 10.6 Å². The quantitative estimate of drug-likeness (QED) is 0.870. The van der Waals surface area contributed by atoms with Crippen LogP contribution in [0.15, 0.2) is 24.3 Å². The van der Waals surface area contributed by atoms with Crippen LogP contribution in [0.1, 0.15) is 26.7 Å². The molecule has 0 radical (unpaired) electrons. The molecule has 3 rings (SSSR count). The molecule has 0 aliphatic carbocycles. The predicted octanol–water partition coefficient (Wildman–Crippen LogP) is 2.80. The number of hydrogen-bond acceptors (Lipinski definition) is 6. The maximum atomic E-state index is 12.6. The van der Waals surface area contributed by atoms with Crippen molar-refractivity contribution in [1.29, 1.82) is 0 Å². The zero-order valence-electron chi connectivity index (χ0n) is 15.1. The molecule has 1 N–H and O–H groups in total. The van der Waals surface area contributed by atoms with Crippen LogP contribution in [-0.2, 0) is 9.59 Å². The third-order valence-corrected chi connectivity index (χ3v) is 5.21. The van der Waals surface area contributed by atoms with E-state index in [4.69, 9.17) is 4.74 Å². The molecule has 1 fully saturated rings. The van der Waals surface area contributed by atoms with Crippen molar-refractivity contribution in [2.24, 2.45) is 5.92 Å². The number of carbonyl (C=O) groups is 2. The van der Waals surface area contributed by atoms with Gasteiger partial charge in [0.05, 0.1) is 7.11 Å². The molecule has 0 bridgehead atoms. The van der Waals surface area contributed by atoms with Crippen LogP contribution < -0.4 is 10.1 Å². The first kappa shape index (κ1) is 18.3. The minimum absolute atomic E-state index is 0.0128.